The van der Waals surface area contributed by atoms with Gasteiger partial charge >= 0.3 is 5.97 Å². The fourth-order valence-electron chi connectivity index (χ4n) is 3.64. The third-order valence-corrected chi connectivity index (χ3v) is 4.98. The number of hydrogen-bond donors (Lipinski definition) is 1. The zero-order valence-corrected chi connectivity index (χ0v) is 12.6. The van der Waals surface area contributed by atoms with Crippen LogP contribution < -0.4 is 0 Å². The van der Waals surface area contributed by atoms with Gasteiger partial charge in [0.05, 0.1) is 5.41 Å². The second-order valence-electron chi connectivity index (χ2n) is 6.49. The Morgan fingerprint density at radius 2 is 1.95 bits per heavy atom. The van der Waals surface area contributed by atoms with E-state index in [9.17, 15) is 14.7 Å². The summed E-state index contributed by atoms with van der Waals surface area (Å²) in [5.41, 5.74) is 1.70. The topological polar surface area (TPSA) is 57.6 Å². The van der Waals surface area contributed by atoms with Crippen LogP contribution in [0.5, 0.6) is 0 Å². The largest absolute Gasteiger partial charge is 0.481 e. The summed E-state index contributed by atoms with van der Waals surface area (Å²) in [6, 6.07) is 5.84. The van der Waals surface area contributed by atoms with E-state index >= 15 is 0 Å². The number of aliphatic carboxylic acids is 1. The molecule has 0 aromatic heterocycles. The molecule has 1 aliphatic heterocycles. The van der Waals surface area contributed by atoms with Crippen molar-refractivity contribution in [3.8, 4) is 0 Å². The van der Waals surface area contributed by atoms with Crippen molar-refractivity contribution >= 4 is 11.9 Å². The van der Waals surface area contributed by atoms with Gasteiger partial charge in [0.2, 0.25) is 0 Å². The predicted molar refractivity (Wildman–Crippen MR) is 79.2 cm³/mol. The Morgan fingerprint density at radius 1 is 1.29 bits per heavy atom. The van der Waals surface area contributed by atoms with Crippen LogP contribution in [0.2, 0.25) is 0 Å². The van der Waals surface area contributed by atoms with Crippen molar-refractivity contribution in [1.82, 2.24) is 4.90 Å². The van der Waals surface area contributed by atoms with Gasteiger partial charge < -0.3 is 10.0 Å². The third-order valence-electron chi connectivity index (χ3n) is 4.98. The number of rotatable bonds is 3. The fraction of sp³-hybridized carbons (Fsp3) is 0.529. The fourth-order valence-corrected chi connectivity index (χ4v) is 3.64. The summed E-state index contributed by atoms with van der Waals surface area (Å²) in [7, 11) is 0. The van der Waals surface area contributed by atoms with Crippen LogP contribution in [-0.2, 0) is 16.8 Å². The van der Waals surface area contributed by atoms with E-state index < -0.39 is 11.4 Å². The maximum absolute atomic E-state index is 12.5. The van der Waals surface area contributed by atoms with Gasteiger partial charge in [-0.3, -0.25) is 9.59 Å². The average Bonchev–Trinajstić information content (AvgIpc) is 3.05. The van der Waals surface area contributed by atoms with E-state index in [2.05, 4.69) is 0 Å². The second-order valence-corrected chi connectivity index (χ2v) is 6.49. The molecule has 1 amide bonds. The summed E-state index contributed by atoms with van der Waals surface area (Å²) >= 11 is 0. The summed E-state index contributed by atoms with van der Waals surface area (Å²) in [6.45, 7) is 4.63. The van der Waals surface area contributed by atoms with Crippen LogP contribution in [0.15, 0.2) is 18.2 Å². The Kier molecular flexibility index (Phi) is 3.27. The summed E-state index contributed by atoms with van der Waals surface area (Å²) in [6.07, 6.45) is 3.22. The first-order chi connectivity index (χ1) is 9.95. The molecule has 1 saturated carbocycles. The van der Waals surface area contributed by atoms with Gasteiger partial charge in [-0.15, -0.1) is 0 Å². The lowest BCUT2D eigenvalue weighted by Gasteiger charge is -2.24. The van der Waals surface area contributed by atoms with E-state index in [0.717, 1.165) is 24.0 Å². The van der Waals surface area contributed by atoms with Crippen molar-refractivity contribution in [2.45, 2.75) is 57.5 Å². The molecule has 0 spiro atoms. The third kappa shape index (κ3) is 2.04. The van der Waals surface area contributed by atoms with Crippen molar-refractivity contribution < 1.29 is 14.7 Å². The highest BCUT2D eigenvalue weighted by atomic mass is 16.4. The van der Waals surface area contributed by atoms with Crippen LogP contribution in [0.3, 0.4) is 0 Å². The summed E-state index contributed by atoms with van der Waals surface area (Å²) < 4.78 is 0. The highest BCUT2D eigenvalue weighted by molar-refractivity contribution is 5.99. The van der Waals surface area contributed by atoms with Crippen LogP contribution in [0, 0.1) is 0 Å². The van der Waals surface area contributed by atoms with E-state index in [-0.39, 0.29) is 11.9 Å². The normalized spacial score (nSPS) is 20.1. The highest BCUT2D eigenvalue weighted by Crippen LogP contribution is 2.42. The number of carbonyl (C=O) groups is 2. The molecule has 1 N–H and O–H groups in total. The lowest BCUT2D eigenvalue weighted by Crippen LogP contribution is -2.33. The van der Waals surface area contributed by atoms with Crippen molar-refractivity contribution in [3.63, 3.8) is 0 Å². The number of carbonyl (C=O) groups excluding carboxylic acids is 1. The SMILES string of the molecule is CC(C)N1Cc2ccc(C3(C(=O)O)CCCC3)cc2C1=O. The number of hydrogen-bond acceptors (Lipinski definition) is 2. The lowest BCUT2D eigenvalue weighted by molar-refractivity contribution is -0.143. The maximum Gasteiger partial charge on any atom is 0.314 e. The molecule has 1 aromatic rings. The minimum Gasteiger partial charge on any atom is -0.481 e. The molecule has 4 nitrogen and oxygen atoms in total. The minimum absolute atomic E-state index is 0.0281. The average molecular weight is 287 g/mol. The number of carboxylic acid groups (broad SMARTS) is 1. The predicted octanol–water partition coefficient (Wildman–Crippen LogP) is 2.95. The van der Waals surface area contributed by atoms with Crippen molar-refractivity contribution in [1.29, 1.82) is 0 Å². The van der Waals surface area contributed by atoms with Crippen LogP contribution in [0.25, 0.3) is 0 Å². The smallest absolute Gasteiger partial charge is 0.314 e. The molecule has 112 valence electrons. The Bertz CT molecular complexity index is 600. The molecule has 1 fully saturated rings. The van der Waals surface area contributed by atoms with E-state index in [1.807, 2.05) is 36.9 Å². The molecule has 0 radical (unpaired) electrons. The molecule has 0 saturated heterocycles. The number of benzene rings is 1. The van der Waals surface area contributed by atoms with Gasteiger partial charge in [0, 0.05) is 18.2 Å². The first-order valence-corrected chi connectivity index (χ1v) is 7.63. The van der Waals surface area contributed by atoms with Crippen molar-refractivity contribution in [2.24, 2.45) is 0 Å². The van der Waals surface area contributed by atoms with Crippen LogP contribution in [0.4, 0.5) is 0 Å². The molecular formula is C17H21NO3. The molecule has 1 aliphatic carbocycles. The zero-order valence-electron chi connectivity index (χ0n) is 12.6. The van der Waals surface area contributed by atoms with Gasteiger partial charge in [-0.05, 0) is 43.9 Å². The van der Waals surface area contributed by atoms with Crippen molar-refractivity contribution in [2.75, 3.05) is 0 Å². The van der Waals surface area contributed by atoms with Gasteiger partial charge in [-0.2, -0.15) is 0 Å². The molecule has 4 heteroatoms. The Hall–Kier alpha value is -1.84. The molecule has 0 atom stereocenters. The number of carboxylic acids is 1. The Balaban J connectivity index is 2.02. The van der Waals surface area contributed by atoms with E-state index in [1.165, 1.54) is 0 Å². The first-order valence-electron chi connectivity index (χ1n) is 7.63. The number of fused-ring (bicyclic) bond motifs is 1. The van der Waals surface area contributed by atoms with Gasteiger partial charge in [0.1, 0.15) is 0 Å². The molecule has 3 rings (SSSR count). The zero-order chi connectivity index (χ0) is 15.2. The highest BCUT2D eigenvalue weighted by Gasteiger charge is 2.44. The Labute approximate surface area is 124 Å². The van der Waals surface area contributed by atoms with Gasteiger partial charge in [0.25, 0.3) is 5.91 Å². The monoisotopic (exact) mass is 287 g/mol. The van der Waals surface area contributed by atoms with E-state index in [4.69, 9.17) is 0 Å². The second kappa shape index (κ2) is 4.86. The van der Waals surface area contributed by atoms with Crippen molar-refractivity contribution in [3.05, 3.63) is 34.9 Å². The summed E-state index contributed by atoms with van der Waals surface area (Å²) in [5.74, 6) is -0.730. The maximum atomic E-state index is 12.5. The first kappa shape index (κ1) is 14.1. The standard InChI is InChI=1S/C17H21NO3/c1-11(2)18-10-12-5-6-13(9-14(12)15(18)19)17(16(20)21)7-3-4-8-17/h5-6,9,11H,3-4,7-8,10H2,1-2H3,(H,20,21). The molecular weight excluding hydrogens is 266 g/mol. The van der Waals surface area contributed by atoms with Gasteiger partial charge in [-0.25, -0.2) is 0 Å². The summed E-state index contributed by atoms with van der Waals surface area (Å²) in [5, 5.41) is 9.68. The van der Waals surface area contributed by atoms with Gasteiger partial charge in [0.15, 0.2) is 0 Å². The van der Waals surface area contributed by atoms with Crippen LogP contribution in [-0.4, -0.2) is 27.9 Å². The van der Waals surface area contributed by atoms with E-state index in [0.29, 0.717) is 24.9 Å². The summed E-state index contributed by atoms with van der Waals surface area (Å²) in [4.78, 5) is 26.1. The van der Waals surface area contributed by atoms with E-state index in [1.54, 1.807) is 0 Å². The lowest BCUT2D eigenvalue weighted by atomic mass is 9.78. The minimum atomic E-state index is -0.791. The van der Waals surface area contributed by atoms with Crippen LogP contribution in [0.1, 0.15) is 61.0 Å². The molecule has 0 unspecified atom stereocenters. The van der Waals surface area contributed by atoms with Crippen LogP contribution >= 0.6 is 0 Å². The Morgan fingerprint density at radius 3 is 2.52 bits per heavy atom. The molecule has 21 heavy (non-hydrogen) atoms. The number of amides is 1. The quantitative estimate of drug-likeness (QED) is 0.930. The van der Waals surface area contributed by atoms with Gasteiger partial charge in [-0.1, -0.05) is 25.0 Å². The molecule has 0 bridgehead atoms. The molecule has 2 aliphatic rings. The molecule has 1 aromatic carbocycles. The molecule has 1 heterocycles. The number of nitrogens with zero attached hydrogens (tertiary/aromatic N) is 1.